The Morgan fingerprint density at radius 1 is 1.06 bits per heavy atom. The first-order valence-electron chi connectivity index (χ1n) is 10.8. The van der Waals surface area contributed by atoms with Crippen LogP contribution in [-0.2, 0) is 23.0 Å². The highest BCUT2D eigenvalue weighted by Gasteiger charge is 2.31. The number of sulfonamides is 1. The van der Waals surface area contributed by atoms with E-state index in [1.165, 1.54) is 27.8 Å². The smallest absolute Gasteiger partial charge is 0.264 e. The van der Waals surface area contributed by atoms with E-state index in [1.807, 2.05) is 0 Å². The Morgan fingerprint density at radius 2 is 1.82 bits per heavy atom. The van der Waals surface area contributed by atoms with E-state index in [9.17, 15) is 22.4 Å². The van der Waals surface area contributed by atoms with E-state index in [0.29, 0.717) is 40.2 Å². The third-order valence-electron chi connectivity index (χ3n) is 6.30. The number of benzene rings is 1. The number of hydrogen-bond donors (Lipinski definition) is 0. The average Bonchev–Trinajstić information content (AvgIpc) is 3.29. The van der Waals surface area contributed by atoms with Gasteiger partial charge in [0.25, 0.3) is 11.5 Å². The van der Waals surface area contributed by atoms with Gasteiger partial charge in [0.15, 0.2) is 0 Å². The summed E-state index contributed by atoms with van der Waals surface area (Å²) in [5, 5.41) is 0.504. The molecule has 2 aromatic heterocycles. The predicted molar refractivity (Wildman–Crippen MR) is 123 cm³/mol. The molecule has 2 aliphatic rings. The number of nitrogens with zero attached hydrogens (tertiary/aromatic N) is 4. The van der Waals surface area contributed by atoms with Crippen LogP contribution in [0.5, 0.6) is 0 Å². The van der Waals surface area contributed by atoms with E-state index >= 15 is 0 Å². The van der Waals surface area contributed by atoms with Crippen molar-refractivity contribution in [3.63, 3.8) is 0 Å². The number of thiophene rings is 1. The molecule has 5 rings (SSSR count). The van der Waals surface area contributed by atoms with Crippen LogP contribution in [-0.4, -0.2) is 59.3 Å². The molecule has 174 valence electrons. The van der Waals surface area contributed by atoms with Crippen LogP contribution in [0.1, 0.15) is 33.9 Å². The van der Waals surface area contributed by atoms with E-state index in [4.69, 9.17) is 0 Å². The molecule has 4 heterocycles. The quantitative estimate of drug-likeness (QED) is 0.562. The van der Waals surface area contributed by atoms with E-state index in [1.54, 1.807) is 16.4 Å². The van der Waals surface area contributed by atoms with Crippen molar-refractivity contribution in [3.8, 4) is 0 Å². The molecular weight excluding hydrogens is 467 g/mol. The lowest BCUT2D eigenvalue weighted by molar-refractivity contribution is 0.0768. The van der Waals surface area contributed by atoms with Crippen LogP contribution in [0.4, 0.5) is 4.39 Å². The summed E-state index contributed by atoms with van der Waals surface area (Å²) in [7, 11) is -3.78. The molecule has 2 aliphatic heterocycles. The molecule has 11 heteroatoms. The molecule has 0 spiro atoms. The zero-order valence-electron chi connectivity index (χ0n) is 18.1. The first kappa shape index (κ1) is 22.2. The number of amides is 1. The van der Waals surface area contributed by atoms with Crippen LogP contribution in [0.25, 0.3) is 10.2 Å². The molecule has 0 unspecified atom stereocenters. The van der Waals surface area contributed by atoms with Crippen molar-refractivity contribution in [1.82, 2.24) is 18.8 Å². The Balaban J connectivity index is 1.39. The first-order valence-corrected chi connectivity index (χ1v) is 13.1. The molecule has 0 atom stereocenters. The molecular formula is C22H23FN4O4S2. The van der Waals surface area contributed by atoms with E-state index in [0.717, 1.165) is 30.8 Å². The van der Waals surface area contributed by atoms with E-state index in [2.05, 4.69) is 4.98 Å². The summed E-state index contributed by atoms with van der Waals surface area (Å²) < 4.78 is 42.2. The molecule has 3 aromatic rings. The normalized spacial score (nSPS) is 17.3. The lowest BCUT2D eigenvalue weighted by Crippen LogP contribution is -2.37. The number of aryl methyl sites for hydroxylation is 2. The number of carbonyl (C=O) groups excluding carboxylic acids is 1. The second-order valence-corrected chi connectivity index (χ2v) is 11.3. The van der Waals surface area contributed by atoms with Gasteiger partial charge in [-0.2, -0.15) is 4.31 Å². The fourth-order valence-corrected chi connectivity index (χ4v) is 7.14. The van der Waals surface area contributed by atoms with Gasteiger partial charge in [0.2, 0.25) is 10.0 Å². The topological polar surface area (TPSA) is 92.6 Å². The second-order valence-electron chi connectivity index (χ2n) is 8.33. The minimum absolute atomic E-state index is 0.0311. The maximum atomic E-state index is 13.4. The summed E-state index contributed by atoms with van der Waals surface area (Å²) in [6, 6.07) is 4.75. The standard InChI is InChI=1S/C22H23FN4O4S2/c1-14-18-20(24-17-4-2-11-27(17)21(18)28)32-19(14)22(29)25-9-3-10-26(13-12-25)33(30,31)16-7-5-15(23)6-8-16/h5-8H,2-4,9-13H2,1H3. The van der Waals surface area contributed by atoms with Gasteiger partial charge in [0, 0.05) is 39.1 Å². The molecule has 0 N–H and O–H groups in total. The Kier molecular flexibility index (Phi) is 5.58. The zero-order chi connectivity index (χ0) is 23.3. The number of hydrogen-bond acceptors (Lipinski definition) is 6. The fourth-order valence-electron chi connectivity index (χ4n) is 4.52. The third-order valence-corrected chi connectivity index (χ3v) is 9.39. The van der Waals surface area contributed by atoms with Crippen LogP contribution in [0.2, 0.25) is 0 Å². The fraction of sp³-hybridized carbons (Fsp3) is 0.409. The summed E-state index contributed by atoms with van der Waals surface area (Å²) in [6.45, 7) is 3.48. The molecule has 1 aromatic carbocycles. The Hall–Kier alpha value is -2.63. The van der Waals surface area contributed by atoms with Gasteiger partial charge in [-0.25, -0.2) is 17.8 Å². The van der Waals surface area contributed by atoms with Gasteiger partial charge in [-0.3, -0.25) is 14.2 Å². The van der Waals surface area contributed by atoms with Crippen molar-refractivity contribution in [2.75, 3.05) is 26.2 Å². The maximum Gasteiger partial charge on any atom is 0.264 e. The number of rotatable bonds is 3. The summed E-state index contributed by atoms with van der Waals surface area (Å²) in [5.74, 6) is 0.0601. The van der Waals surface area contributed by atoms with E-state index in [-0.39, 0.29) is 36.0 Å². The van der Waals surface area contributed by atoms with Crippen LogP contribution < -0.4 is 5.56 Å². The molecule has 0 bridgehead atoms. The van der Waals surface area contributed by atoms with Crippen LogP contribution in [0, 0.1) is 12.7 Å². The second kappa shape index (κ2) is 8.30. The Morgan fingerprint density at radius 3 is 2.58 bits per heavy atom. The summed E-state index contributed by atoms with van der Waals surface area (Å²) in [6.07, 6.45) is 2.14. The van der Waals surface area contributed by atoms with Gasteiger partial charge in [-0.1, -0.05) is 0 Å². The van der Waals surface area contributed by atoms with Crippen molar-refractivity contribution in [3.05, 3.63) is 56.7 Å². The number of aromatic nitrogens is 2. The molecule has 8 nitrogen and oxygen atoms in total. The van der Waals surface area contributed by atoms with Crippen LogP contribution in [0.3, 0.4) is 0 Å². The first-order chi connectivity index (χ1) is 15.8. The molecule has 0 radical (unpaired) electrons. The SMILES string of the molecule is Cc1c(C(=O)N2CCCN(S(=O)(=O)c3ccc(F)cc3)CC2)sc2nc3n(c(=O)c12)CCC3. The predicted octanol–water partition coefficient (Wildman–Crippen LogP) is 2.39. The molecule has 1 amide bonds. The van der Waals surface area contributed by atoms with Gasteiger partial charge in [-0.15, -0.1) is 11.3 Å². The van der Waals surface area contributed by atoms with Crippen molar-refractivity contribution < 1.29 is 17.6 Å². The van der Waals surface area contributed by atoms with Gasteiger partial charge in [0.05, 0.1) is 15.2 Å². The number of carbonyl (C=O) groups is 1. The molecule has 0 aliphatic carbocycles. The van der Waals surface area contributed by atoms with Crippen molar-refractivity contribution in [2.24, 2.45) is 0 Å². The van der Waals surface area contributed by atoms with Gasteiger partial charge >= 0.3 is 0 Å². The van der Waals surface area contributed by atoms with Gasteiger partial charge in [0.1, 0.15) is 16.5 Å². The van der Waals surface area contributed by atoms with Crippen molar-refractivity contribution in [2.45, 2.75) is 37.6 Å². The monoisotopic (exact) mass is 490 g/mol. The molecule has 33 heavy (non-hydrogen) atoms. The van der Waals surface area contributed by atoms with Gasteiger partial charge in [-0.05, 0) is 49.6 Å². The highest BCUT2D eigenvalue weighted by atomic mass is 32.2. The number of fused-ring (bicyclic) bond motifs is 2. The van der Waals surface area contributed by atoms with Crippen molar-refractivity contribution in [1.29, 1.82) is 0 Å². The summed E-state index contributed by atoms with van der Waals surface area (Å²) in [5.41, 5.74) is 0.549. The number of halogens is 1. The zero-order valence-corrected chi connectivity index (χ0v) is 19.7. The minimum Gasteiger partial charge on any atom is -0.337 e. The third kappa shape index (κ3) is 3.77. The van der Waals surface area contributed by atoms with Crippen molar-refractivity contribution >= 4 is 37.5 Å². The molecule has 1 saturated heterocycles. The summed E-state index contributed by atoms with van der Waals surface area (Å²) in [4.78, 5) is 33.7. The largest absolute Gasteiger partial charge is 0.337 e. The van der Waals surface area contributed by atoms with Gasteiger partial charge < -0.3 is 4.90 Å². The van der Waals surface area contributed by atoms with Crippen LogP contribution in [0.15, 0.2) is 34.0 Å². The highest BCUT2D eigenvalue weighted by molar-refractivity contribution is 7.89. The Bertz CT molecular complexity index is 1410. The molecule has 0 saturated carbocycles. The lowest BCUT2D eigenvalue weighted by Gasteiger charge is -2.22. The maximum absolute atomic E-state index is 13.4. The average molecular weight is 491 g/mol. The van der Waals surface area contributed by atoms with E-state index < -0.39 is 15.8 Å². The lowest BCUT2D eigenvalue weighted by atomic mass is 10.2. The molecule has 1 fully saturated rings. The van der Waals surface area contributed by atoms with Crippen LogP contribution >= 0.6 is 11.3 Å². The highest BCUT2D eigenvalue weighted by Crippen LogP contribution is 2.30. The minimum atomic E-state index is -3.78. The summed E-state index contributed by atoms with van der Waals surface area (Å²) >= 11 is 1.23. The Labute approximate surface area is 194 Å².